The summed E-state index contributed by atoms with van der Waals surface area (Å²) in [6.45, 7) is 1.07. The van der Waals surface area contributed by atoms with Gasteiger partial charge in [-0.2, -0.15) is 0 Å². The highest BCUT2D eigenvalue weighted by Crippen LogP contribution is 2.38. The van der Waals surface area contributed by atoms with E-state index in [2.05, 4.69) is 74.2 Å². The van der Waals surface area contributed by atoms with Crippen LogP contribution in [0.15, 0.2) is 47.5 Å². The van der Waals surface area contributed by atoms with Crippen LogP contribution in [0.2, 0.25) is 0 Å². The molecule has 0 saturated carbocycles. The van der Waals surface area contributed by atoms with Gasteiger partial charge in [-0.3, -0.25) is 4.79 Å². The Morgan fingerprint density at radius 3 is 2.55 bits per heavy atom. The standard InChI is InChI=1S/C23H26Br4N4O7/c1-31(22(28)34)6-4-12-8-13(24)19(14(25)9-12)36-7-3-5-29-21(33)17-20(32)23(38-30-17)10-15(26)18(35-2)16(27)11-37-23/h8-11,18,20,32H,3-7H2,1-2H3,(H2,28,34)(H,29,33)/t18?,20-,23-/m0/s1. The second-order valence-electron chi connectivity index (χ2n) is 8.31. The largest absolute Gasteiger partial charge is 0.491 e. The van der Waals surface area contributed by atoms with Gasteiger partial charge in [0.05, 0.1) is 20.0 Å². The number of aliphatic hydroxyl groups excluding tert-OH is 1. The number of hydrogen-bond donors (Lipinski definition) is 3. The Bertz CT molecular complexity index is 1140. The van der Waals surface area contributed by atoms with Gasteiger partial charge in [0.15, 0.2) is 11.8 Å². The topological polar surface area (TPSA) is 145 Å². The van der Waals surface area contributed by atoms with Crippen molar-refractivity contribution in [2.75, 3.05) is 33.9 Å². The van der Waals surface area contributed by atoms with E-state index in [1.165, 1.54) is 24.3 Å². The van der Waals surface area contributed by atoms with E-state index in [1.54, 1.807) is 7.05 Å². The van der Waals surface area contributed by atoms with Crippen molar-refractivity contribution in [1.29, 1.82) is 0 Å². The third-order valence-electron chi connectivity index (χ3n) is 5.61. The zero-order chi connectivity index (χ0) is 28.0. The zero-order valence-electron chi connectivity index (χ0n) is 20.4. The molecule has 0 bridgehead atoms. The smallest absolute Gasteiger partial charge is 0.327 e. The fourth-order valence-corrected chi connectivity index (χ4v) is 6.57. The summed E-state index contributed by atoms with van der Waals surface area (Å²) < 4.78 is 19.4. The lowest BCUT2D eigenvalue weighted by Gasteiger charge is -2.25. The first-order chi connectivity index (χ1) is 18.0. The molecule has 208 valence electrons. The number of amides is 3. The number of likely N-dealkylation sites (N-methyl/N-ethyl adjacent to an activating group) is 1. The normalized spacial score (nSPS) is 22.4. The lowest BCUT2D eigenvalue weighted by molar-refractivity contribution is -0.192. The summed E-state index contributed by atoms with van der Waals surface area (Å²) in [4.78, 5) is 30.6. The second kappa shape index (κ2) is 13.6. The third-order valence-corrected chi connectivity index (χ3v) is 8.04. The van der Waals surface area contributed by atoms with E-state index >= 15 is 0 Å². The van der Waals surface area contributed by atoms with Crippen LogP contribution in [0.4, 0.5) is 4.79 Å². The summed E-state index contributed by atoms with van der Waals surface area (Å²) in [5.41, 5.74) is 6.04. The van der Waals surface area contributed by atoms with E-state index in [0.29, 0.717) is 40.7 Å². The number of methoxy groups -OCH3 is 1. The van der Waals surface area contributed by atoms with Crippen molar-refractivity contribution < 1.29 is 33.7 Å². The summed E-state index contributed by atoms with van der Waals surface area (Å²) >= 11 is 13.8. The molecular weight excluding hydrogens is 764 g/mol. The molecular formula is C23H26Br4N4O7. The number of aliphatic hydroxyl groups is 1. The molecule has 3 atom stereocenters. The monoisotopic (exact) mass is 786 g/mol. The molecule has 11 nitrogen and oxygen atoms in total. The van der Waals surface area contributed by atoms with E-state index in [1.807, 2.05) is 12.1 Å². The SMILES string of the molecule is COC1C(Br)=CO[C@@]2(C=C1Br)ON=C(C(=O)NCCCOc1c(Br)cc(CCN(C)C(N)=O)cc1Br)[C@@H]2O. The number of halogens is 4. The van der Waals surface area contributed by atoms with Crippen molar-refractivity contribution in [2.45, 2.75) is 30.8 Å². The Labute approximate surface area is 253 Å². The highest BCUT2D eigenvalue weighted by atomic mass is 79.9. The number of nitrogens with zero attached hydrogens (tertiary/aromatic N) is 2. The predicted molar refractivity (Wildman–Crippen MR) is 154 cm³/mol. The molecule has 0 saturated heterocycles. The summed E-state index contributed by atoms with van der Waals surface area (Å²) in [5, 5.41) is 17.3. The van der Waals surface area contributed by atoms with Crippen molar-refractivity contribution in [3.05, 3.63) is 47.9 Å². The van der Waals surface area contributed by atoms with E-state index in [-0.39, 0.29) is 12.3 Å². The average molecular weight is 790 g/mol. The van der Waals surface area contributed by atoms with Gasteiger partial charge >= 0.3 is 11.8 Å². The summed E-state index contributed by atoms with van der Waals surface area (Å²) in [6, 6.07) is 3.35. The number of rotatable bonds is 10. The molecule has 15 heteroatoms. The van der Waals surface area contributed by atoms with Crippen LogP contribution in [-0.2, 0) is 25.5 Å². The number of urea groups is 1. The molecule has 0 aliphatic carbocycles. The van der Waals surface area contributed by atoms with Gasteiger partial charge < -0.3 is 40.1 Å². The number of hydrogen-bond acceptors (Lipinski definition) is 8. The molecule has 2 aliphatic rings. The minimum atomic E-state index is -1.71. The zero-order valence-corrected chi connectivity index (χ0v) is 26.7. The highest BCUT2D eigenvalue weighted by Gasteiger charge is 2.52. The highest BCUT2D eigenvalue weighted by molar-refractivity contribution is 9.12. The molecule has 1 spiro atoms. The van der Waals surface area contributed by atoms with Gasteiger partial charge in [0.2, 0.25) is 0 Å². The first-order valence-electron chi connectivity index (χ1n) is 11.3. The molecule has 1 aromatic carbocycles. The number of carbonyl (C=O) groups excluding carboxylic acids is 2. The van der Waals surface area contributed by atoms with Gasteiger partial charge in [0.1, 0.15) is 18.1 Å². The van der Waals surface area contributed by atoms with Crippen molar-refractivity contribution in [3.8, 4) is 5.75 Å². The van der Waals surface area contributed by atoms with Crippen LogP contribution in [0.3, 0.4) is 0 Å². The predicted octanol–water partition coefficient (Wildman–Crippen LogP) is 3.65. The number of carbonyl (C=O) groups is 2. The van der Waals surface area contributed by atoms with Crippen molar-refractivity contribution in [2.24, 2.45) is 10.9 Å². The first kappa shape index (κ1) is 30.9. The van der Waals surface area contributed by atoms with Crippen molar-refractivity contribution >= 4 is 81.4 Å². The maximum atomic E-state index is 12.7. The van der Waals surface area contributed by atoms with Gasteiger partial charge in [-0.15, -0.1) is 0 Å². The lowest BCUT2D eigenvalue weighted by Crippen LogP contribution is -2.48. The Kier molecular flexibility index (Phi) is 11.1. The van der Waals surface area contributed by atoms with Gasteiger partial charge in [-0.25, -0.2) is 4.79 Å². The van der Waals surface area contributed by atoms with Crippen molar-refractivity contribution in [3.63, 3.8) is 0 Å². The number of oxime groups is 1. The Morgan fingerprint density at radius 1 is 1.24 bits per heavy atom. The number of benzene rings is 1. The summed E-state index contributed by atoms with van der Waals surface area (Å²) in [5.74, 6) is -1.68. The van der Waals surface area contributed by atoms with Crippen LogP contribution in [-0.4, -0.2) is 79.5 Å². The fraction of sp³-hybridized carbons (Fsp3) is 0.435. The van der Waals surface area contributed by atoms with Gasteiger partial charge in [0, 0.05) is 37.8 Å². The second-order valence-corrected chi connectivity index (χ2v) is 11.9. The minimum absolute atomic E-state index is 0.217. The van der Waals surface area contributed by atoms with E-state index in [4.69, 9.17) is 24.8 Å². The first-order valence-corrected chi connectivity index (χ1v) is 14.4. The van der Waals surface area contributed by atoms with Gasteiger partial charge in [-0.05, 0) is 78.3 Å². The van der Waals surface area contributed by atoms with Crippen LogP contribution in [0.25, 0.3) is 0 Å². The maximum Gasteiger partial charge on any atom is 0.327 e. The van der Waals surface area contributed by atoms with E-state index in [9.17, 15) is 14.7 Å². The average Bonchev–Trinajstić information content (AvgIpc) is 3.11. The van der Waals surface area contributed by atoms with Gasteiger partial charge in [0.25, 0.3) is 5.91 Å². The number of ether oxygens (including phenoxy) is 3. The lowest BCUT2D eigenvalue weighted by atomic mass is 10.0. The number of nitrogens with two attached hydrogens (primary N) is 1. The molecule has 0 aromatic heterocycles. The summed E-state index contributed by atoms with van der Waals surface area (Å²) in [6.07, 6.45) is 1.93. The van der Waals surface area contributed by atoms with Crippen LogP contribution < -0.4 is 15.8 Å². The quantitative estimate of drug-likeness (QED) is 0.307. The van der Waals surface area contributed by atoms with Crippen LogP contribution >= 0.6 is 63.7 Å². The fourth-order valence-electron chi connectivity index (χ4n) is 3.48. The number of nitrogens with one attached hydrogen (secondary N) is 1. The Balaban J connectivity index is 1.49. The molecule has 1 aromatic rings. The summed E-state index contributed by atoms with van der Waals surface area (Å²) in [7, 11) is 3.15. The molecule has 0 radical (unpaired) electrons. The third kappa shape index (κ3) is 7.30. The van der Waals surface area contributed by atoms with E-state index in [0.717, 1.165) is 14.5 Å². The van der Waals surface area contributed by atoms with Gasteiger partial charge in [-0.1, -0.05) is 21.1 Å². The molecule has 3 amide bonds. The Morgan fingerprint density at radius 2 is 1.92 bits per heavy atom. The molecule has 4 N–H and O–H groups in total. The van der Waals surface area contributed by atoms with Crippen LogP contribution in [0, 0.1) is 0 Å². The Hall–Kier alpha value is -1.65. The minimum Gasteiger partial charge on any atom is -0.491 e. The van der Waals surface area contributed by atoms with Crippen LogP contribution in [0.1, 0.15) is 12.0 Å². The van der Waals surface area contributed by atoms with E-state index < -0.39 is 29.9 Å². The number of primary amides is 1. The molecule has 1 unspecified atom stereocenters. The molecule has 3 rings (SSSR count). The molecule has 38 heavy (non-hydrogen) atoms. The molecule has 0 fully saturated rings. The molecule has 2 heterocycles. The van der Waals surface area contributed by atoms with Crippen molar-refractivity contribution in [1.82, 2.24) is 10.2 Å². The van der Waals surface area contributed by atoms with Crippen LogP contribution in [0.5, 0.6) is 5.75 Å². The maximum absolute atomic E-state index is 12.7. The molecule has 2 aliphatic heterocycles.